The van der Waals surface area contributed by atoms with Gasteiger partial charge in [0, 0.05) is 30.9 Å². The van der Waals surface area contributed by atoms with Crippen LogP contribution >= 0.6 is 0 Å². The van der Waals surface area contributed by atoms with Crippen molar-refractivity contribution < 1.29 is 5.11 Å². The minimum Gasteiger partial charge on any atom is -0.389 e. The van der Waals surface area contributed by atoms with E-state index < -0.39 is 6.10 Å². The summed E-state index contributed by atoms with van der Waals surface area (Å²) in [7, 11) is 0. The molecule has 1 saturated carbocycles. The van der Waals surface area contributed by atoms with Gasteiger partial charge in [-0.25, -0.2) is 4.98 Å². The highest BCUT2D eigenvalue weighted by atomic mass is 16.3. The first-order valence-corrected chi connectivity index (χ1v) is 8.75. The highest BCUT2D eigenvalue weighted by Crippen LogP contribution is 2.28. The Hall–Kier alpha value is -2.14. The van der Waals surface area contributed by atoms with Crippen LogP contribution in [0.5, 0.6) is 0 Å². The van der Waals surface area contributed by atoms with Crippen molar-refractivity contribution >= 4 is 11.8 Å². The van der Waals surface area contributed by atoms with Gasteiger partial charge < -0.3 is 15.3 Å². The van der Waals surface area contributed by atoms with Gasteiger partial charge in [-0.3, -0.25) is 0 Å². The van der Waals surface area contributed by atoms with Crippen molar-refractivity contribution in [3.8, 4) is 0 Å². The van der Waals surface area contributed by atoms with Gasteiger partial charge >= 0.3 is 0 Å². The molecule has 1 aromatic heterocycles. The minimum atomic E-state index is -0.408. The fourth-order valence-electron chi connectivity index (χ4n) is 3.22. The summed E-state index contributed by atoms with van der Waals surface area (Å²) in [6.45, 7) is 5.63. The van der Waals surface area contributed by atoms with E-state index in [2.05, 4.69) is 33.4 Å². The Morgan fingerprint density at radius 1 is 1.21 bits per heavy atom. The maximum Gasteiger partial charge on any atom is 0.225 e. The van der Waals surface area contributed by atoms with Crippen LogP contribution in [0.4, 0.5) is 11.8 Å². The molecule has 2 N–H and O–H groups in total. The topological polar surface area (TPSA) is 61.3 Å². The number of aromatic nitrogens is 2. The van der Waals surface area contributed by atoms with Crippen molar-refractivity contribution in [1.29, 1.82) is 0 Å². The molecule has 1 aromatic carbocycles. The number of aliphatic hydroxyl groups is 1. The van der Waals surface area contributed by atoms with Gasteiger partial charge in [0.15, 0.2) is 0 Å². The molecular weight excluding hydrogens is 300 g/mol. The lowest BCUT2D eigenvalue weighted by Gasteiger charge is -2.30. The van der Waals surface area contributed by atoms with E-state index in [4.69, 9.17) is 4.98 Å². The monoisotopic (exact) mass is 324 g/mol. The Kier molecular flexibility index (Phi) is 3.88. The van der Waals surface area contributed by atoms with Crippen molar-refractivity contribution in [2.75, 3.05) is 16.8 Å². The molecule has 2 heterocycles. The second-order valence-corrected chi connectivity index (χ2v) is 6.99. The van der Waals surface area contributed by atoms with E-state index in [1.165, 1.54) is 24.0 Å². The molecule has 4 rings (SSSR count). The summed E-state index contributed by atoms with van der Waals surface area (Å²) in [4.78, 5) is 11.5. The van der Waals surface area contributed by atoms with E-state index >= 15 is 0 Å². The van der Waals surface area contributed by atoms with Gasteiger partial charge in [-0.15, -0.1) is 0 Å². The third kappa shape index (κ3) is 3.22. The van der Waals surface area contributed by atoms with Crippen LogP contribution in [0.25, 0.3) is 0 Å². The average molecular weight is 324 g/mol. The van der Waals surface area contributed by atoms with Crippen molar-refractivity contribution in [2.45, 2.75) is 51.8 Å². The lowest BCUT2D eigenvalue weighted by Crippen LogP contribution is -2.31. The normalized spacial score (nSPS) is 18.2. The van der Waals surface area contributed by atoms with Crippen molar-refractivity contribution in [3.63, 3.8) is 0 Å². The summed E-state index contributed by atoms with van der Waals surface area (Å²) in [5, 5.41) is 13.2. The molecule has 1 atom stereocenters. The number of hydrogen-bond donors (Lipinski definition) is 2. The van der Waals surface area contributed by atoms with Crippen LogP contribution in [0.1, 0.15) is 48.3 Å². The van der Waals surface area contributed by atoms with Gasteiger partial charge in [-0.2, -0.15) is 4.98 Å². The quantitative estimate of drug-likeness (QED) is 0.905. The summed E-state index contributed by atoms with van der Waals surface area (Å²) >= 11 is 0. The van der Waals surface area contributed by atoms with Crippen LogP contribution in [0.2, 0.25) is 0 Å². The summed E-state index contributed by atoms with van der Waals surface area (Å²) < 4.78 is 0. The summed E-state index contributed by atoms with van der Waals surface area (Å²) in [5.41, 5.74) is 4.65. The molecule has 0 amide bonds. The lowest BCUT2D eigenvalue weighted by molar-refractivity contribution is 0.199. The number of aryl methyl sites for hydroxylation is 1. The fourth-order valence-corrected chi connectivity index (χ4v) is 3.22. The summed E-state index contributed by atoms with van der Waals surface area (Å²) in [6.07, 6.45) is 3.00. The molecule has 5 nitrogen and oxygen atoms in total. The van der Waals surface area contributed by atoms with Crippen LogP contribution in [0.3, 0.4) is 0 Å². The molecule has 1 fully saturated rings. The van der Waals surface area contributed by atoms with Gasteiger partial charge in [0.05, 0.1) is 6.10 Å². The molecule has 2 aromatic rings. The molecule has 0 spiro atoms. The van der Waals surface area contributed by atoms with Gasteiger partial charge in [0.2, 0.25) is 5.95 Å². The minimum absolute atomic E-state index is 0.408. The molecule has 2 aliphatic rings. The second-order valence-electron chi connectivity index (χ2n) is 6.99. The predicted octanol–water partition coefficient (Wildman–Crippen LogP) is 2.98. The van der Waals surface area contributed by atoms with E-state index in [0.29, 0.717) is 6.04 Å². The second kappa shape index (κ2) is 6.06. The van der Waals surface area contributed by atoms with Gasteiger partial charge in [-0.05, 0) is 49.8 Å². The maximum absolute atomic E-state index is 9.76. The van der Waals surface area contributed by atoms with Crippen LogP contribution in [-0.2, 0) is 13.0 Å². The molecule has 0 unspecified atom stereocenters. The predicted molar refractivity (Wildman–Crippen MR) is 95.2 cm³/mol. The zero-order valence-electron chi connectivity index (χ0n) is 14.3. The molecule has 126 valence electrons. The van der Waals surface area contributed by atoms with Crippen molar-refractivity contribution in [3.05, 3.63) is 46.6 Å². The molecular formula is C19H24N4O. The number of nitrogens with one attached hydrogen (secondary N) is 1. The molecule has 0 saturated heterocycles. The smallest absolute Gasteiger partial charge is 0.225 e. The van der Waals surface area contributed by atoms with E-state index in [1.54, 1.807) is 0 Å². The lowest BCUT2D eigenvalue weighted by atomic mass is 9.96. The highest BCUT2D eigenvalue weighted by Gasteiger charge is 2.23. The van der Waals surface area contributed by atoms with Crippen LogP contribution in [0, 0.1) is 6.92 Å². The third-order valence-electron chi connectivity index (χ3n) is 4.80. The van der Waals surface area contributed by atoms with Gasteiger partial charge in [0.1, 0.15) is 5.82 Å². The SMILES string of the molecule is Cc1cc(N2CCc3cc([C@H](C)O)ccc3C2)nc(NC2CC2)n1. The highest BCUT2D eigenvalue weighted by molar-refractivity contribution is 5.49. The Labute approximate surface area is 142 Å². The van der Waals surface area contributed by atoms with E-state index in [1.807, 2.05) is 19.9 Å². The molecule has 24 heavy (non-hydrogen) atoms. The number of fused-ring (bicyclic) bond motifs is 1. The van der Waals surface area contributed by atoms with E-state index in [0.717, 1.165) is 42.5 Å². The van der Waals surface area contributed by atoms with Crippen molar-refractivity contribution in [1.82, 2.24) is 9.97 Å². The van der Waals surface area contributed by atoms with Crippen LogP contribution < -0.4 is 10.2 Å². The van der Waals surface area contributed by atoms with Crippen LogP contribution in [-0.4, -0.2) is 27.7 Å². The first-order valence-electron chi connectivity index (χ1n) is 8.75. The standard InChI is InChI=1S/C19H24N4O/c1-12-9-18(22-19(20-12)21-17-5-6-17)23-8-7-15-10-14(13(2)24)3-4-16(15)11-23/h3-4,9-10,13,17,24H,5-8,11H2,1-2H3,(H,20,21,22)/t13-/m0/s1. The van der Waals surface area contributed by atoms with Crippen molar-refractivity contribution in [2.24, 2.45) is 0 Å². The average Bonchev–Trinajstić information content (AvgIpc) is 3.37. The summed E-state index contributed by atoms with van der Waals surface area (Å²) in [5.74, 6) is 1.75. The number of rotatable bonds is 4. The van der Waals surface area contributed by atoms with Gasteiger partial charge in [0.25, 0.3) is 0 Å². The third-order valence-corrected chi connectivity index (χ3v) is 4.80. The summed E-state index contributed by atoms with van der Waals surface area (Å²) in [6, 6.07) is 8.93. The molecule has 1 aliphatic carbocycles. The Morgan fingerprint density at radius 2 is 2.04 bits per heavy atom. The molecule has 1 aliphatic heterocycles. The fraction of sp³-hybridized carbons (Fsp3) is 0.474. The van der Waals surface area contributed by atoms with E-state index in [-0.39, 0.29) is 0 Å². The first-order chi connectivity index (χ1) is 11.6. The zero-order valence-corrected chi connectivity index (χ0v) is 14.3. The maximum atomic E-state index is 9.76. The zero-order chi connectivity index (χ0) is 16.7. The van der Waals surface area contributed by atoms with Gasteiger partial charge in [-0.1, -0.05) is 18.2 Å². The number of anilines is 2. The Bertz CT molecular complexity index is 755. The molecule has 0 radical (unpaired) electrons. The largest absolute Gasteiger partial charge is 0.389 e. The van der Waals surface area contributed by atoms with E-state index in [9.17, 15) is 5.11 Å². The van der Waals surface area contributed by atoms with Crippen LogP contribution in [0.15, 0.2) is 24.3 Å². The number of benzene rings is 1. The Balaban J connectivity index is 1.56. The number of hydrogen-bond acceptors (Lipinski definition) is 5. The molecule has 5 heteroatoms. The molecule has 0 bridgehead atoms. The Morgan fingerprint density at radius 3 is 2.79 bits per heavy atom. The number of nitrogens with zero attached hydrogens (tertiary/aromatic N) is 3. The first kappa shape index (κ1) is 15.4. The number of aliphatic hydroxyl groups excluding tert-OH is 1.